The molecule has 1 saturated carbocycles. The molecule has 1 aliphatic carbocycles. The van der Waals surface area contributed by atoms with Gasteiger partial charge in [-0.15, -0.1) is 0 Å². The lowest BCUT2D eigenvalue weighted by Gasteiger charge is -2.45. The van der Waals surface area contributed by atoms with Crippen LogP contribution < -0.4 is 5.73 Å². The van der Waals surface area contributed by atoms with Crippen LogP contribution >= 0.6 is 0 Å². The molecule has 120 valence electrons. The van der Waals surface area contributed by atoms with E-state index in [-0.39, 0.29) is 11.8 Å². The van der Waals surface area contributed by atoms with Gasteiger partial charge in [-0.2, -0.15) is 0 Å². The predicted octanol–water partition coefficient (Wildman–Crippen LogP) is 1.36. The third kappa shape index (κ3) is 3.57. The highest BCUT2D eigenvalue weighted by atomic mass is 16.2. The van der Waals surface area contributed by atoms with Gasteiger partial charge in [0, 0.05) is 32.6 Å². The number of hydrogen-bond acceptors (Lipinski definition) is 3. The molecule has 2 fully saturated rings. The van der Waals surface area contributed by atoms with Crippen LogP contribution in [0.25, 0.3) is 0 Å². The van der Waals surface area contributed by atoms with Gasteiger partial charge in [-0.25, -0.2) is 0 Å². The van der Waals surface area contributed by atoms with E-state index in [9.17, 15) is 9.59 Å². The summed E-state index contributed by atoms with van der Waals surface area (Å²) in [6.45, 7) is 4.96. The number of nitrogens with zero attached hydrogens (tertiary/aromatic N) is 2. The van der Waals surface area contributed by atoms with Crippen molar-refractivity contribution in [1.29, 1.82) is 0 Å². The third-order valence-corrected chi connectivity index (χ3v) is 5.09. The Labute approximate surface area is 127 Å². The summed E-state index contributed by atoms with van der Waals surface area (Å²) in [4.78, 5) is 28.2. The fourth-order valence-corrected chi connectivity index (χ4v) is 3.71. The van der Waals surface area contributed by atoms with Crippen LogP contribution in [0.1, 0.15) is 52.4 Å². The highest BCUT2D eigenvalue weighted by Gasteiger charge is 2.42. The molecule has 1 heterocycles. The number of carbonyl (C=O) groups is 2. The van der Waals surface area contributed by atoms with Crippen LogP contribution in [0.2, 0.25) is 0 Å². The molecule has 2 aliphatic rings. The molecule has 2 atom stereocenters. The predicted molar refractivity (Wildman–Crippen MR) is 82.6 cm³/mol. The zero-order valence-corrected chi connectivity index (χ0v) is 13.6. The van der Waals surface area contributed by atoms with Gasteiger partial charge in [-0.1, -0.05) is 12.8 Å². The molecule has 21 heavy (non-hydrogen) atoms. The quantitative estimate of drug-likeness (QED) is 0.855. The van der Waals surface area contributed by atoms with Gasteiger partial charge in [0.1, 0.15) is 5.54 Å². The van der Waals surface area contributed by atoms with E-state index < -0.39 is 5.54 Å². The fraction of sp³-hybridized carbons (Fsp3) is 0.875. The largest absolute Gasteiger partial charge is 0.342 e. The summed E-state index contributed by atoms with van der Waals surface area (Å²) in [6.07, 6.45) is 5.97. The minimum Gasteiger partial charge on any atom is -0.342 e. The number of piperazine rings is 1. The zero-order valence-electron chi connectivity index (χ0n) is 13.6. The number of hydrogen-bond donors (Lipinski definition) is 1. The van der Waals surface area contributed by atoms with E-state index in [1.165, 1.54) is 12.8 Å². The molecule has 1 saturated heterocycles. The summed E-state index contributed by atoms with van der Waals surface area (Å²) >= 11 is 0. The molecular formula is C16H29N3O2. The van der Waals surface area contributed by atoms with E-state index in [4.69, 9.17) is 5.73 Å². The SMILES string of the molecule is CN1CCN(C(=O)CCC2CCCC(N)C2)C(C)(C)C1=O. The van der Waals surface area contributed by atoms with Gasteiger partial charge in [0.2, 0.25) is 11.8 Å². The summed E-state index contributed by atoms with van der Waals surface area (Å²) in [5, 5.41) is 0. The van der Waals surface area contributed by atoms with Gasteiger partial charge in [0.15, 0.2) is 0 Å². The molecule has 5 heteroatoms. The number of likely N-dealkylation sites (N-methyl/N-ethyl adjacent to an activating group) is 1. The van der Waals surface area contributed by atoms with Crippen LogP contribution in [-0.4, -0.2) is 53.3 Å². The third-order valence-electron chi connectivity index (χ3n) is 5.09. The topological polar surface area (TPSA) is 66.6 Å². The fourth-order valence-electron chi connectivity index (χ4n) is 3.71. The van der Waals surface area contributed by atoms with Crippen molar-refractivity contribution in [2.45, 2.75) is 64.0 Å². The summed E-state index contributed by atoms with van der Waals surface area (Å²) in [5.41, 5.74) is 5.29. The molecule has 0 aromatic carbocycles. The van der Waals surface area contributed by atoms with Gasteiger partial charge < -0.3 is 15.5 Å². The smallest absolute Gasteiger partial charge is 0.247 e. The monoisotopic (exact) mass is 295 g/mol. The second-order valence-corrected chi connectivity index (χ2v) is 7.16. The second-order valence-electron chi connectivity index (χ2n) is 7.16. The Balaban J connectivity index is 1.89. The first-order chi connectivity index (χ1) is 9.82. The van der Waals surface area contributed by atoms with Gasteiger partial charge in [-0.3, -0.25) is 9.59 Å². The molecule has 0 bridgehead atoms. The van der Waals surface area contributed by atoms with E-state index in [2.05, 4.69) is 0 Å². The number of carbonyl (C=O) groups excluding carboxylic acids is 2. The highest BCUT2D eigenvalue weighted by molar-refractivity contribution is 5.91. The molecule has 0 radical (unpaired) electrons. The summed E-state index contributed by atoms with van der Waals surface area (Å²) in [5.74, 6) is 0.714. The lowest BCUT2D eigenvalue weighted by molar-refractivity contribution is -0.157. The van der Waals surface area contributed by atoms with Crippen molar-refractivity contribution in [1.82, 2.24) is 9.80 Å². The molecular weight excluding hydrogens is 266 g/mol. The zero-order chi connectivity index (χ0) is 15.6. The first-order valence-electron chi connectivity index (χ1n) is 8.14. The van der Waals surface area contributed by atoms with Crippen LogP contribution in [0.15, 0.2) is 0 Å². The van der Waals surface area contributed by atoms with Crippen LogP contribution in [0.3, 0.4) is 0 Å². The second kappa shape index (κ2) is 6.34. The molecule has 2 rings (SSSR count). The van der Waals surface area contributed by atoms with Gasteiger partial charge in [0.05, 0.1) is 0 Å². The van der Waals surface area contributed by atoms with E-state index in [0.29, 0.717) is 31.5 Å². The standard InChI is InChI=1S/C16H29N3O2/c1-16(2)15(21)18(3)9-10-19(16)14(20)8-7-12-5-4-6-13(17)11-12/h12-13H,4-11,17H2,1-3H3. The van der Waals surface area contributed by atoms with Crippen molar-refractivity contribution in [3.63, 3.8) is 0 Å². The van der Waals surface area contributed by atoms with E-state index >= 15 is 0 Å². The first kappa shape index (κ1) is 16.3. The minimum absolute atomic E-state index is 0.0294. The van der Waals surface area contributed by atoms with Crippen molar-refractivity contribution >= 4 is 11.8 Å². The molecule has 0 aromatic heterocycles. The average Bonchev–Trinajstić information content (AvgIpc) is 2.42. The maximum absolute atomic E-state index is 12.5. The number of amides is 2. The van der Waals surface area contributed by atoms with Crippen molar-refractivity contribution < 1.29 is 9.59 Å². The van der Waals surface area contributed by atoms with E-state index in [1.807, 2.05) is 13.8 Å². The van der Waals surface area contributed by atoms with Gasteiger partial charge in [-0.05, 0) is 39.0 Å². The van der Waals surface area contributed by atoms with Crippen LogP contribution in [-0.2, 0) is 9.59 Å². The Morgan fingerprint density at radius 1 is 1.33 bits per heavy atom. The van der Waals surface area contributed by atoms with Crippen LogP contribution in [0.4, 0.5) is 0 Å². The van der Waals surface area contributed by atoms with Gasteiger partial charge >= 0.3 is 0 Å². The summed E-state index contributed by atoms with van der Waals surface area (Å²) in [7, 11) is 1.80. The highest BCUT2D eigenvalue weighted by Crippen LogP contribution is 2.28. The minimum atomic E-state index is -0.715. The maximum atomic E-state index is 12.5. The number of rotatable bonds is 3. The molecule has 2 N–H and O–H groups in total. The van der Waals surface area contributed by atoms with E-state index in [1.54, 1.807) is 16.8 Å². The molecule has 2 amide bonds. The molecule has 0 aromatic rings. The Morgan fingerprint density at radius 2 is 2.05 bits per heavy atom. The normalized spacial score (nSPS) is 29.6. The van der Waals surface area contributed by atoms with Crippen molar-refractivity contribution in [2.75, 3.05) is 20.1 Å². The van der Waals surface area contributed by atoms with Crippen molar-refractivity contribution in [3.8, 4) is 0 Å². The van der Waals surface area contributed by atoms with Crippen molar-refractivity contribution in [2.24, 2.45) is 11.7 Å². The molecule has 0 spiro atoms. The lowest BCUT2D eigenvalue weighted by Crippen LogP contribution is -2.63. The van der Waals surface area contributed by atoms with Crippen LogP contribution in [0, 0.1) is 5.92 Å². The Kier molecular flexibility index (Phi) is 4.91. The molecule has 1 aliphatic heterocycles. The molecule has 5 nitrogen and oxygen atoms in total. The molecule has 2 unspecified atom stereocenters. The average molecular weight is 295 g/mol. The van der Waals surface area contributed by atoms with Gasteiger partial charge in [0.25, 0.3) is 0 Å². The first-order valence-corrected chi connectivity index (χ1v) is 8.14. The lowest BCUT2D eigenvalue weighted by atomic mass is 9.83. The maximum Gasteiger partial charge on any atom is 0.247 e. The van der Waals surface area contributed by atoms with E-state index in [0.717, 1.165) is 19.3 Å². The summed E-state index contributed by atoms with van der Waals surface area (Å²) in [6, 6.07) is 0.306. The Bertz CT molecular complexity index is 408. The Hall–Kier alpha value is -1.10. The summed E-state index contributed by atoms with van der Waals surface area (Å²) < 4.78 is 0. The Morgan fingerprint density at radius 3 is 2.71 bits per heavy atom. The number of nitrogens with two attached hydrogens (primary N) is 1. The van der Waals surface area contributed by atoms with Crippen LogP contribution in [0.5, 0.6) is 0 Å². The van der Waals surface area contributed by atoms with Crippen molar-refractivity contribution in [3.05, 3.63) is 0 Å².